The van der Waals surface area contributed by atoms with E-state index in [-0.39, 0.29) is 12.6 Å². The van der Waals surface area contributed by atoms with Crippen molar-refractivity contribution < 1.29 is 5.11 Å². The van der Waals surface area contributed by atoms with Crippen LogP contribution in [-0.2, 0) is 6.42 Å². The molecule has 0 amide bonds. The molecule has 0 aliphatic heterocycles. The molecular formula is C11H19NOS. The number of hydrogen-bond acceptors (Lipinski definition) is 3. The van der Waals surface area contributed by atoms with Crippen LogP contribution in [-0.4, -0.2) is 17.8 Å². The minimum absolute atomic E-state index is 0.164. The fourth-order valence-electron chi connectivity index (χ4n) is 1.38. The Bertz CT molecular complexity index is 272. The van der Waals surface area contributed by atoms with Crippen LogP contribution in [0.1, 0.15) is 36.6 Å². The van der Waals surface area contributed by atoms with Gasteiger partial charge in [-0.2, -0.15) is 0 Å². The van der Waals surface area contributed by atoms with Crippen LogP contribution < -0.4 is 5.32 Å². The van der Waals surface area contributed by atoms with Gasteiger partial charge in [0.25, 0.3) is 0 Å². The first kappa shape index (κ1) is 11.7. The molecule has 0 aliphatic rings. The first-order valence-electron chi connectivity index (χ1n) is 5.12. The Labute approximate surface area is 90.0 Å². The van der Waals surface area contributed by atoms with E-state index in [1.807, 2.05) is 18.3 Å². The van der Waals surface area contributed by atoms with E-state index in [1.54, 1.807) is 0 Å². The number of nitrogens with one attached hydrogen (secondary N) is 1. The highest BCUT2D eigenvalue weighted by molar-refractivity contribution is 7.12. The summed E-state index contributed by atoms with van der Waals surface area (Å²) in [5, 5.41) is 12.3. The Balaban J connectivity index is 2.55. The molecule has 0 saturated carbocycles. The number of thiophene rings is 1. The zero-order chi connectivity index (χ0) is 10.6. The molecule has 2 nitrogen and oxygen atoms in total. The Morgan fingerprint density at radius 1 is 1.43 bits per heavy atom. The van der Waals surface area contributed by atoms with Crippen LogP contribution in [0, 0.1) is 0 Å². The molecule has 0 fully saturated rings. The van der Waals surface area contributed by atoms with Crippen molar-refractivity contribution >= 4 is 11.3 Å². The Morgan fingerprint density at radius 3 is 2.64 bits per heavy atom. The lowest BCUT2D eigenvalue weighted by molar-refractivity contribution is 0.243. The van der Waals surface area contributed by atoms with Gasteiger partial charge >= 0.3 is 0 Å². The van der Waals surface area contributed by atoms with Gasteiger partial charge in [0.05, 0.1) is 6.61 Å². The lowest BCUT2D eigenvalue weighted by atomic mass is 10.2. The summed E-state index contributed by atoms with van der Waals surface area (Å²) in [6, 6.07) is 4.85. The highest BCUT2D eigenvalue weighted by Gasteiger charge is 2.10. The normalized spacial score (nSPS) is 15.4. The van der Waals surface area contributed by atoms with Crippen LogP contribution in [0.4, 0.5) is 0 Å². The highest BCUT2D eigenvalue weighted by atomic mass is 32.1. The molecule has 1 aromatic rings. The standard InChI is InChI=1S/C11H19NOS/c1-4-10-5-6-11(14-10)9(3)12-8(2)7-13/h5-6,8-9,12-13H,4,7H2,1-3H3/t8-,9?/m1/s1. The molecule has 1 aromatic heterocycles. The highest BCUT2D eigenvalue weighted by Crippen LogP contribution is 2.23. The average molecular weight is 213 g/mol. The second-order valence-corrected chi connectivity index (χ2v) is 4.83. The van der Waals surface area contributed by atoms with Crippen LogP contribution in [0.3, 0.4) is 0 Å². The van der Waals surface area contributed by atoms with Crippen LogP contribution in [0.25, 0.3) is 0 Å². The summed E-state index contributed by atoms with van der Waals surface area (Å²) in [6.45, 7) is 6.49. The molecule has 80 valence electrons. The van der Waals surface area contributed by atoms with E-state index in [4.69, 9.17) is 5.11 Å². The van der Waals surface area contributed by atoms with Crippen molar-refractivity contribution in [3.63, 3.8) is 0 Å². The topological polar surface area (TPSA) is 32.3 Å². The third kappa shape index (κ3) is 3.08. The lowest BCUT2D eigenvalue weighted by Crippen LogP contribution is -2.31. The summed E-state index contributed by atoms with van der Waals surface area (Å²) in [6.07, 6.45) is 1.10. The van der Waals surface area contributed by atoms with Gasteiger partial charge in [0.15, 0.2) is 0 Å². The van der Waals surface area contributed by atoms with Crippen molar-refractivity contribution in [1.82, 2.24) is 5.32 Å². The van der Waals surface area contributed by atoms with Crippen LogP contribution >= 0.6 is 11.3 Å². The summed E-state index contributed by atoms with van der Waals surface area (Å²) in [7, 11) is 0. The Hall–Kier alpha value is -0.380. The van der Waals surface area contributed by atoms with Crippen LogP contribution in [0.5, 0.6) is 0 Å². The number of aryl methyl sites for hydroxylation is 1. The van der Waals surface area contributed by atoms with Gasteiger partial charge in [0.1, 0.15) is 0 Å². The van der Waals surface area contributed by atoms with Gasteiger partial charge in [-0.1, -0.05) is 6.92 Å². The lowest BCUT2D eigenvalue weighted by Gasteiger charge is -2.16. The molecule has 1 unspecified atom stereocenters. The van der Waals surface area contributed by atoms with Crippen molar-refractivity contribution in [3.8, 4) is 0 Å². The molecule has 0 aliphatic carbocycles. The Morgan fingerprint density at radius 2 is 2.14 bits per heavy atom. The zero-order valence-corrected chi connectivity index (χ0v) is 9.90. The molecule has 0 spiro atoms. The summed E-state index contributed by atoms with van der Waals surface area (Å²) in [5.74, 6) is 0. The number of hydrogen-bond donors (Lipinski definition) is 2. The fourth-order valence-corrected chi connectivity index (χ4v) is 2.34. The summed E-state index contributed by atoms with van der Waals surface area (Å²) >= 11 is 1.85. The third-order valence-electron chi connectivity index (χ3n) is 2.27. The van der Waals surface area contributed by atoms with Gasteiger partial charge in [-0.25, -0.2) is 0 Å². The predicted molar refractivity (Wildman–Crippen MR) is 61.8 cm³/mol. The molecule has 1 heterocycles. The van der Waals surface area contributed by atoms with E-state index in [1.165, 1.54) is 9.75 Å². The molecular weight excluding hydrogens is 194 g/mol. The monoisotopic (exact) mass is 213 g/mol. The minimum atomic E-state index is 0.164. The maximum atomic E-state index is 8.92. The smallest absolute Gasteiger partial charge is 0.0582 e. The number of aliphatic hydroxyl groups is 1. The SMILES string of the molecule is CCc1ccc(C(C)N[C@H](C)CO)s1. The van der Waals surface area contributed by atoms with E-state index in [9.17, 15) is 0 Å². The molecule has 3 heteroatoms. The number of rotatable bonds is 5. The van der Waals surface area contributed by atoms with Gasteiger partial charge in [-0.15, -0.1) is 11.3 Å². The van der Waals surface area contributed by atoms with Crippen LogP contribution in [0.15, 0.2) is 12.1 Å². The second-order valence-electron chi connectivity index (χ2n) is 3.63. The summed E-state index contributed by atoms with van der Waals surface area (Å²) in [5.41, 5.74) is 0. The summed E-state index contributed by atoms with van der Waals surface area (Å²) < 4.78 is 0. The van der Waals surface area contributed by atoms with Gasteiger partial charge < -0.3 is 10.4 Å². The van der Waals surface area contributed by atoms with Gasteiger partial charge in [-0.05, 0) is 32.4 Å². The van der Waals surface area contributed by atoms with E-state index in [2.05, 4.69) is 31.3 Å². The second kappa shape index (κ2) is 5.49. The average Bonchev–Trinajstić information content (AvgIpc) is 2.65. The molecule has 1 rings (SSSR count). The van der Waals surface area contributed by atoms with Crippen molar-refractivity contribution in [3.05, 3.63) is 21.9 Å². The maximum absolute atomic E-state index is 8.92. The van der Waals surface area contributed by atoms with Gasteiger partial charge in [0, 0.05) is 21.8 Å². The first-order valence-corrected chi connectivity index (χ1v) is 5.94. The van der Waals surface area contributed by atoms with Crippen molar-refractivity contribution in [2.75, 3.05) is 6.61 Å². The van der Waals surface area contributed by atoms with E-state index in [0.717, 1.165) is 6.42 Å². The summed E-state index contributed by atoms with van der Waals surface area (Å²) in [4.78, 5) is 2.77. The first-order chi connectivity index (χ1) is 6.67. The molecule has 14 heavy (non-hydrogen) atoms. The molecule has 0 saturated heterocycles. The molecule has 0 radical (unpaired) electrons. The van der Waals surface area contributed by atoms with E-state index in [0.29, 0.717) is 6.04 Å². The molecule has 2 atom stereocenters. The third-order valence-corrected chi connectivity index (χ3v) is 3.68. The number of aliphatic hydroxyl groups excluding tert-OH is 1. The van der Waals surface area contributed by atoms with Gasteiger partial charge in [0.2, 0.25) is 0 Å². The van der Waals surface area contributed by atoms with E-state index >= 15 is 0 Å². The van der Waals surface area contributed by atoms with Gasteiger partial charge in [-0.3, -0.25) is 0 Å². The van der Waals surface area contributed by atoms with Crippen LogP contribution in [0.2, 0.25) is 0 Å². The molecule has 2 N–H and O–H groups in total. The maximum Gasteiger partial charge on any atom is 0.0582 e. The fraction of sp³-hybridized carbons (Fsp3) is 0.636. The predicted octanol–water partition coefficient (Wildman–Crippen LogP) is 2.34. The quantitative estimate of drug-likeness (QED) is 0.787. The van der Waals surface area contributed by atoms with Crippen molar-refractivity contribution in [1.29, 1.82) is 0 Å². The van der Waals surface area contributed by atoms with Crippen molar-refractivity contribution in [2.45, 2.75) is 39.3 Å². The Kier molecular flexibility index (Phi) is 4.58. The molecule has 0 bridgehead atoms. The molecule has 0 aromatic carbocycles. The zero-order valence-electron chi connectivity index (χ0n) is 9.08. The van der Waals surface area contributed by atoms with E-state index < -0.39 is 0 Å². The minimum Gasteiger partial charge on any atom is -0.395 e. The largest absolute Gasteiger partial charge is 0.395 e. The van der Waals surface area contributed by atoms with Crippen molar-refractivity contribution in [2.24, 2.45) is 0 Å².